The molecule has 0 aliphatic rings. The first-order valence-electron chi connectivity index (χ1n) is 30.2. The highest BCUT2D eigenvalue weighted by Crippen LogP contribution is 2.39. The number of hydrogen-bond donors (Lipinski definition) is 0. The van der Waals surface area contributed by atoms with Crippen molar-refractivity contribution < 1.29 is 33.3 Å². The minimum atomic E-state index is -0.839. The molecular formula is C74H69N9O7. The number of ether oxygens (including phenoxy) is 5. The summed E-state index contributed by atoms with van der Waals surface area (Å²) in [5.74, 6) is -1.64. The second-order valence-electron chi connectivity index (χ2n) is 21.1. The fourth-order valence-electron chi connectivity index (χ4n) is 10.7. The van der Waals surface area contributed by atoms with E-state index in [1.807, 2.05) is 55.7 Å². The van der Waals surface area contributed by atoms with Crippen molar-refractivity contribution in [2.75, 3.05) is 52.9 Å². The van der Waals surface area contributed by atoms with Crippen LogP contribution < -0.4 is 0 Å². The predicted molar refractivity (Wildman–Crippen MR) is 346 cm³/mol. The van der Waals surface area contributed by atoms with E-state index in [9.17, 15) is 9.59 Å². The fourth-order valence-corrected chi connectivity index (χ4v) is 10.7. The van der Waals surface area contributed by atoms with Crippen molar-refractivity contribution in [1.29, 1.82) is 0 Å². The quantitative estimate of drug-likeness (QED) is 0.0237. The van der Waals surface area contributed by atoms with E-state index in [0.717, 1.165) is 89.3 Å². The number of aromatic nitrogens is 9. The van der Waals surface area contributed by atoms with Crippen LogP contribution in [0.15, 0.2) is 243 Å². The van der Waals surface area contributed by atoms with Crippen LogP contribution in [-0.4, -0.2) is 110 Å². The van der Waals surface area contributed by atoms with Crippen molar-refractivity contribution in [2.45, 2.75) is 39.4 Å². The van der Waals surface area contributed by atoms with Crippen LogP contribution in [0.3, 0.4) is 0 Å². The number of nitrogens with zero attached hydrogens (tertiary/aromatic N) is 9. The van der Waals surface area contributed by atoms with Gasteiger partial charge in [-0.3, -0.25) is 0 Å². The third-order valence-electron chi connectivity index (χ3n) is 14.9. The van der Waals surface area contributed by atoms with Gasteiger partial charge in [-0.15, -0.1) is 15.3 Å². The highest BCUT2D eigenvalue weighted by Gasteiger charge is 2.28. The van der Waals surface area contributed by atoms with Crippen LogP contribution in [0.4, 0.5) is 0 Å². The average molecular weight is 1200 g/mol. The molecule has 0 fully saturated rings. The molecule has 0 unspecified atom stereocenters. The standard InChI is InChI=1S/C74H69N9O7/c1-2-86-46-43-83-72(74(85)90-50-48-88-45-42-82-54-66(76-79-82)52-56-35-39-64(40-36-56)70(62-31-19-8-20-32-62)68(59-25-13-5-14-26-59)60-27-15-6-16-28-60)71(77-80-83)73(84)89-49-47-87-44-41-81-53-65(75-78-81)51-55-33-37-63(38-34-55)69(61-29-17-7-18-30-61)67(57-21-9-3-10-22-57)58-23-11-4-12-24-58/h3-40,53-54H,2,41-52H2,1H3. The van der Waals surface area contributed by atoms with Crippen LogP contribution in [0.25, 0.3) is 22.3 Å². The predicted octanol–water partition coefficient (Wildman–Crippen LogP) is 12.4. The highest BCUT2D eigenvalue weighted by atomic mass is 16.6. The van der Waals surface area contributed by atoms with E-state index in [4.69, 9.17) is 23.7 Å². The van der Waals surface area contributed by atoms with Gasteiger partial charge in [0.15, 0.2) is 5.69 Å². The maximum absolute atomic E-state index is 13.5. The summed E-state index contributed by atoms with van der Waals surface area (Å²) in [7, 11) is 0. The molecule has 11 rings (SSSR count). The lowest BCUT2D eigenvalue weighted by atomic mass is 9.85. The number of esters is 2. The summed E-state index contributed by atoms with van der Waals surface area (Å²) in [6.07, 6.45) is 5.00. The smallest absolute Gasteiger partial charge is 0.361 e. The summed E-state index contributed by atoms with van der Waals surface area (Å²) in [6.45, 7) is 4.17. The third kappa shape index (κ3) is 16.2. The van der Waals surface area contributed by atoms with Crippen LogP contribution >= 0.6 is 0 Å². The summed E-state index contributed by atoms with van der Waals surface area (Å²) in [4.78, 5) is 26.9. The number of carbonyl (C=O) groups excluding carboxylic acids is 2. The van der Waals surface area contributed by atoms with Gasteiger partial charge in [0.2, 0.25) is 5.69 Å². The van der Waals surface area contributed by atoms with Crippen molar-refractivity contribution in [3.63, 3.8) is 0 Å². The van der Waals surface area contributed by atoms with Gasteiger partial charge < -0.3 is 23.7 Å². The Labute approximate surface area is 523 Å². The van der Waals surface area contributed by atoms with Gasteiger partial charge in [-0.2, -0.15) is 0 Å². The number of hydrogen-bond acceptors (Lipinski definition) is 13. The van der Waals surface area contributed by atoms with Gasteiger partial charge in [-0.25, -0.2) is 23.6 Å². The minimum Gasteiger partial charge on any atom is -0.458 e. The largest absolute Gasteiger partial charge is 0.458 e. The van der Waals surface area contributed by atoms with Crippen LogP contribution in [0, 0.1) is 0 Å². The summed E-state index contributed by atoms with van der Waals surface area (Å²) in [5.41, 5.74) is 17.1. The average Bonchev–Trinajstić information content (AvgIpc) is 1.70. The van der Waals surface area contributed by atoms with Gasteiger partial charge >= 0.3 is 11.9 Å². The molecule has 0 N–H and O–H groups in total. The number of benzene rings is 8. The van der Waals surface area contributed by atoms with Gasteiger partial charge in [-0.05, 0) is 84.9 Å². The molecule has 0 aliphatic heterocycles. The molecule has 0 amide bonds. The first-order valence-corrected chi connectivity index (χ1v) is 30.2. The van der Waals surface area contributed by atoms with Gasteiger partial charge in [-0.1, -0.05) is 246 Å². The molecule has 16 nitrogen and oxygen atoms in total. The maximum Gasteiger partial charge on any atom is 0.361 e. The Morgan fingerprint density at radius 2 is 0.678 bits per heavy atom. The molecule has 3 aromatic heterocycles. The van der Waals surface area contributed by atoms with Gasteiger partial charge in [0, 0.05) is 31.8 Å². The molecule has 11 aromatic rings. The second kappa shape index (κ2) is 31.4. The van der Waals surface area contributed by atoms with E-state index in [2.05, 4.69) is 225 Å². The van der Waals surface area contributed by atoms with E-state index < -0.39 is 11.9 Å². The Bertz CT molecular complexity index is 4020. The number of rotatable bonds is 30. The van der Waals surface area contributed by atoms with E-state index in [1.165, 1.54) is 4.68 Å². The minimum absolute atomic E-state index is 0.0876. The lowest BCUT2D eigenvalue weighted by Gasteiger charge is -2.18. The Morgan fingerprint density at radius 1 is 0.344 bits per heavy atom. The van der Waals surface area contributed by atoms with Crippen molar-refractivity contribution >= 4 is 34.2 Å². The van der Waals surface area contributed by atoms with Crippen molar-refractivity contribution in [2.24, 2.45) is 0 Å². The molecule has 0 radical (unpaired) electrons. The first-order chi connectivity index (χ1) is 44.5. The summed E-state index contributed by atoms with van der Waals surface area (Å²) >= 11 is 0. The fraction of sp³-hybridized carbons (Fsp3) is 0.189. The van der Waals surface area contributed by atoms with Crippen molar-refractivity contribution in [1.82, 2.24) is 45.0 Å². The van der Waals surface area contributed by atoms with E-state index >= 15 is 0 Å². The Morgan fingerprint density at radius 3 is 1.03 bits per heavy atom. The lowest BCUT2D eigenvalue weighted by Crippen LogP contribution is -2.22. The molecule has 0 spiro atoms. The van der Waals surface area contributed by atoms with E-state index in [0.29, 0.717) is 45.8 Å². The van der Waals surface area contributed by atoms with E-state index in [1.54, 1.807) is 9.36 Å². The summed E-state index contributed by atoms with van der Waals surface area (Å²) in [6, 6.07) is 80.4. The maximum atomic E-state index is 13.5. The second-order valence-corrected chi connectivity index (χ2v) is 21.1. The van der Waals surface area contributed by atoms with E-state index in [-0.39, 0.29) is 51.0 Å². The topological polar surface area (TPSA) is 172 Å². The zero-order valence-corrected chi connectivity index (χ0v) is 50.2. The first kappa shape index (κ1) is 61.1. The summed E-state index contributed by atoms with van der Waals surface area (Å²) in [5, 5.41) is 25.6. The molecule has 0 atom stereocenters. The Kier molecular flexibility index (Phi) is 21.3. The third-order valence-corrected chi connectivity index (χ3v) is 14.9. The van der Waals surface area contributed by atoms with Crippen LogP contribution in [0.1, 0.15) is 94.9 Å². The SMILES string of the molecule is CCOCCn1nnc(C(=O)OCCOCCn2cc(Cc3ccc(C(=C(c4ccccc4)c4ccccc4)c4ccccc4)cc3)nn2)c1C(=O)OCCOCCn1cc(Cc2ccc(C(=C(c3ccccc3)c3ccccc3)c3ccccc3)cc2)nn1. The molecule has 0 saturated carbocycles. The summed E-state index contributed by atoms with van der Waals surface area (Å²) < 4.78 is 32.9. The monoisotopic (exact) mass is 1200 g/mol. The molecule has 8 aromatic carbocycles. The van der Waals surface area contributed by atoms with Crippen LogP contribution in [-0.2, 0) is 56.2 Å². The lowest BCUT2D eigenvalue weighted by molar-refractivity contribution is 0.0254. The zero-order valence-electron chi connectivity index (χ0n) is 50.2. The highest BCUT2D eigenvalue weighted by molar-refractivity contribution is 6.06. The van der Waals surface area contributed by atoms with Gasteiger partial charge in [0.25, 0.3) is 0 Å². The number of carbonyl (C=O) groups is 2. The van der Waals surface area contributed by atoms with Gasteiger partial charge in [0.1, 0.15) is 13.2 Å². The van der Waals surface area contributed by atoms with Crippen molar-refractivity contribution in [3.05, 3.63) is 321 Å². The molecule has 90 heavy (non-hydrogen) atoms. The molecule has 0 aliphatic carbocycles. The molecule has 16 heteroatoms. The molecule has 0 saturated heterocycles. The van der Waals surface area contributed by atoms with Gasteiger partial charge in [0.05, 0.1) is 64.1 Å². The normalized spacial score (nSPS) is 11.1. The molecule has 3 heterocycles. The van der Waals surface area contributed by atoms with Crippen LogP contribution in [0.2, 0.25) is 0 Å². The zero-order chi connectivity index (χ0) is 61.5. The van der Waals surface area contributed by atoms with Crippen molar-refractivity contribution in [3.8, 4) is 0 Å². The Hall–Kier alpha value is -10.5. The molecular weight excluding hydrogens is 1130 g/mol. The van der Waals surface area contributed by atoms with Crippen LogP contribution in [0.5, 0.6) is 0 Å². The Balaban J connectivity index is 0.625. The molecule has 452 valence electrons. The molecule has 0 bridgehead atoms.